The normalized spacial score (nSPS) is 28.8. The molecule has 1 saturated carbocycles. The molecule has 0 unspecified atom stereocenters. The van der Waals surface area contributed by atoms with Crippen molar-refractivity contribution in [1.29, 1.82) is 0 Å². The molecular weight excluding hydrogens is 236 g/mol. The minimum Gasteiger partial charge on any atom is -0.356 e. The van der Waals surface area contributed by atoms with Crippen LogP contribution in [0.5, 0.6) is 0 Å². The van der Waals surface area contributed by atoms with Crippen LogP contribution < -0.4 is 10.6 Å². The van der Waals surface area contributed by atoms with Gasteiger partial charge in [0.2, 0.25) is 5.91 Å². The van der Waals surface area contributed by atoms with Gasteiger partial charge in [0.15, 0.2) is 0 Å². The topological polar surface area (TPSA) is 41.1 Å². The quantitative estimate of drug-likeness (QED) is 0.764. The first-order chi connectivity index (χ1) is 9.30. The van der Waals surface area contributed by atoms with E-state index in [4.69, 9.17) is 0 Å². The van der Waals surface area contributed by atoms with Gasteiger partial charge in [-0.15, -0.1) is 0 Å². The molecule has 3 rings (SSSR count). The molecule has 1 heterocycles. The zero-order valence-electron chi connectivity index (χ0n) is 11.8. The third-order valence-electron chi connectivity index (χ3n) is 5.24. The van der Waals surface area contributed by atoms with Crippen molar-refractivity contribution < 1.29 is 4.79 Å². The van der Waals surface area contributed by atoms with Gasteiger partial charge in [0.1, 0.15) is 0 Å². The third-order valence-corrected chi connectivity index (χ3v) is 5.24. The van der Waals surface area contributed by atoms with E-state index in [9.17, 15) is 4.79 Å². The molecule has 3 heteroatoms. The van der Waals surface area contributed by atoms with Crippen LogP contribution in [0.1, 0.15) is 51.4 Å². The molecule has 0 aromatic heterocycles. The molecule has 1 amide bonds. The predicted octanol–water partition coefficient (Wildman–Crippen LogP) is 2.38. The molecule has 0 aromatic carbocycles. The van der Waals surface area contributed by atoms with E-state index in [1.807, 2.05) is 0 Å². The Morgan fingerprint density at radius 1 is 1.37 bits per heavy atom. The molecule has 1 atom stereocenters. The SMILES string of the molecule is O=C(NCCC1=CCCCC1)[C@H]1CC12CCNCC2. The van der Waals surface area contributed by atoms with Crippen LogP contribution in [0.4, 0.5) is 0 Å². The Bertz CT molecular complexity index is 369. The van der Waals surface area contributed by atoms with Crippen LogP contribution in [0.15, 0.2) is 11.6 Å². The smallest absolute Gasteiger partial charge is 0.223 e. The van der Waals surface area contributed by atoms with Gasteiger partial charge in [-0.1, -0.05) is 11.6 Å². The number of hydrogen-bond acceptors (Lipinski definition) is 2. The second-order valence-corrected chi connectivity index (χ2v) is 6.52. The van der Waals surface area contributed by atoms with Crippen LogP contribution in [-0.2, 0) is 4.79 Å². The number of carbonyl (C=O) groups is 1. The Labute approximate surface area is 116 Å². The summed E-state index contributed by atoms with van der Waals surface area (Å²) in [5.74, 6) is 0.633. The van der Waals surface area contributed by atoms with Gasteiger partial charge in [0.25, 0.3) is 0 Å². The Hall–Kier alpha value is -0.830. The fourth-order valence-corrected chi connectivity index (χ4v) is 3.80. The fourth-order valence-electron chi connectivity index (χ4n) is 3.80. The minimum absolute atomic E-state index is 0.315. The van der Waals surface area contributed by atoms with Gasteiger partial charge < -0.3 is 10.6 Å². The van der Waals surface area contributed by atoms with Crippen molar-refractivity contribution in [2.75, 3.05) is 19.6 Å². The molecule has 2 N–H and O–H groups in total. The van der Waals surface area contributed by atoms with E-state index in [2.05, 4.69) is 16.7 Å². The first kappa shape index (κ1) is 13.2. The van der Waals surface area contributed by atoms with E-state index in [-0.39, 0.29) is 0 Å². The summed E-state index contributed by atoms with van der Waals surface area (Å²) in [6.45, 7) is 3.03. The molecule has 19 heavy (non-hydrogen) atoms. The highest BCUT2D eigenvalue weighted by molar-refractivity contribution is 5.82. The summed E-state index contributed by atoms with van der Waals surface area (Å²) in [6.07, 6.45) is 12.1. The fraction of sp³-hybridized carbons (Fsp3) is 0.812. The maximum absolute atomic E-state index is 12.2. The van der Waals surface area contributed by atoms with Crippen molar-refractivity contribution >= 4 is 5.91 Å². The summed E-state index contributed by atoms with van der Waals surface area (Å²) in [6, 6.07) is 0. The number of rotatable bonds is 4. The van der Waals surface area contributed by atoms with Crippen molar-refractivity contribution in [1.82, 2.24) is 10.6 Å². The predicted molar refractivity (Wildman–Crippen MR) is 76.8 cm³/mol. The molecule has 0 radical (unpaired) electrons. The molecule has 0 aromatic rings. The number of hydrogen-bond donors (Lipinski definition) is 2. The summed E-state index contributed by atoms with van der Waals surface area (Å²) in [5.41, 5.74) is 1.93. The van der Waals surface area contributed by atoms with Crippen molar-refractivity contribution in [2.45, 2.75) is 51.4 Å². The second kappa shape index (κ2) is 5.66. The van der Waals surface area contributed by atoms with Crippen LogP contribution in [0.3, 0.4) is 0 Å². The zero-order valence-corrected chi connectivity index (χ0v) is 11.8. The molecule has 106 valence electrons. The number of piperidine rings is 1. The third kappa shape index (κ3) is 3.02. The summed E-state index contributed by atoms with van der Waals surface area (Å²) >= 11 is 0. The van der Waals surface area contributed by atoms with E-state index in [0.29, 0.717) is 17.2 Å². The van der Waals surface area contributed by atoms with Crippen molar-refractivity contribution in [3.63, 3.8) is 0 Å². The van der Waals surface area contributed by atoms with Crippen molar-refractivity contribution in [3.05, 3.63) is 11.6 Å². The van der Waals surface area contributed by atoms with Gasteiger partial charge in [-0.25, -0.2) is 0 Å². The lowest BCUT2D eigenvalue weighted by molar-refractivity contribution is -0.123. The highest BCUT2D eigenvalue weighted by Gasteiger charge is 2.57. The van der Waals surface area contributed by atoms with Gasteiger partial charge in [-0.3, -0.25) is 4.79 Å². The van der Waals surface area contributed by atoms with E-state index >= 15 is 0 Å². The zero-order chi connectivity index (χ0) is 13.1. The highest BCUT2D eigenvalue weighted by Crippen LogP contribution is 2.58. The lowest BCUT2D eigenvalue weighted by Gasteiger charge is -2.23. The Balaban J connectivity index is 1.39. The Morgan fingerprint density at radius 2 is 2.21 bits per heavy atom. The van der Waals surface area contributed by atoms with E-state index < -0.39 is 0 Å². The monoisotopic (exact) mass is 262 g/mol. The highest BCUT2D eigenvalue weighted by atomic mass is 16.2. The summed E-state index contributed by atoms with van der Waals surface area (Å²) < 4.78 is 0. The summed E-state index contributed by atoms with van der Waals surface area (Å²) in [7, 11) is 0. The summed E-state index contributed by atoms with van der Waals surface area (Å²) in [4.78, 5) is 12.2. The van der Waals surface area contributed by atoms with Gasteiger partial charge in [0.05, 0.1) is 0 Å². The second-order valence-electron chi connectivity index (χ2n) is 6.52. The number of nitrogens with one attached hydrogen (secondary N) is 2. The average Bonchev–Trinajstić information content (AvgIpc) is 3.14. The Morgan fingerprint density at radius 3 is 2.95 bits per heavy atom. The van der Waals surface area contributed by atoms with Crippen LogP contribution >= 0.6 is 0 Å². The largest absolute Gasteiger partial charge is 0.356 e. The van der Waals surface area contributed by atoms with Crippen LogP contribution in [0.25, 0.3) is 0 Å². The van der Waals surface area contributed by atoms with E-state index in [1.54, 1.807) is 5.57 Å². The minimum atomic E-state index is 0.315. The van der Waals surface area contributed by atoms with Crippen LogP contribution in [-0.4, -0.2) is 25.5 Å². The molecule has 1 spiro atoms. The standard InChI is InChI=1S/C16H26N2O/c19-15(14-12-16(14)7-10-17-11-8-16)18-9-6-13-4-2-1-3-5-13/h4,14,17H,1-3,5-12H2,(H,18,19)/t14-/m1/s1. The molecule has 3 nitrogen and oxygen atoms in total. The van der Waals surface area contributed by atoms with Gasteiger partial charge in [0, 0.05) is 12.5 Å². The number of amides is 1. The van der Waals surface area contributed by atoms with Crippen molar-refractivity contribution in [2.24, 2.45) is 11.3 Å². The summed E-state index contributed by atoms with van der Waals surface area (Å²) in [5, 5.41) is 6.55. The first-order valence-electron chi connectivity index (χ1n) is 7.97. The van der Waals surface area contributed by atoms with Crippen molar-refractivity contribution in [3.8, 4) is 0 Å². The first-order valence-corrected chi connectivity index (χ1v) is 7.97. The molecule has 2 fully saturated rings. The maximum atomic E-state index is 12.2. The molecule has 1 aliphatic heterocycles. The lowest BCUT2D eigenvalue weighted by atomic mass is 9.91. The molecule has 0 bridgehead atoms. The average molecular weight is 262 g/mol. The van der Waals surface area contributed by atoms with Gasteiger partial charge in [-0.2, -0.15) is 0 Å². The number of carbonyl (C=O) groups excluding carboxylic acids is 1. The van der Waals surface area contributed by atoms with Crippen LogP contribution in [0, 0.1) is 11.3 Å². The van der Waals surface area contributed by atoms with E-state index in [1.165, 1.54) is 38.5 Å². The molecule has 1 saturated heterocycles. The van der Waals surface area contributed by atoms with Gasteiger partial charge >= 0.3 is 0 Å². The number of allylic oxidation sites excluding steroid dienone is 1. The van der Waals surface area contributed by atoms with Gasteiger partial charge in [-0.05, 0) is 69.9 Å². The van der Waals surface area contributed by atoms with Crippen LogP contribution in [0.2, 0.25) is 0 Å². The lowest BCUT2D eigenvalue weighted by Crippen LogP contribution is -2.34. The molecule has 2 aliphatic carbocycles. The Kier molecular flexibility index (Phi) is 3.92. The maximum Gasteiger partial charge on any atom is 0.223 e. The molecular formula is C16H26N2O. The van der Waals surface area contributed by atoms with E-state index in [0.717, 1.165) is 32.5 Å². The molecule has 3 aliphatic rings.